The summed E-state index contributed by atoms with van der Waals surface area (Å²) in [5.41, 5.74) is 5.83. The van der Waals surface area contributed by atoms with Crippen molar-refractivity contribution < 1.29 is 14.0 Å². The Morgan fingerprint density at radius 2 is 1.62 bits per heavy atom. The van der Waals surface area contributed by atoms with Gasteiger partial charge in [0.15, 0.2) is 0 Å². The third kappa shape index (κ3) is 5.69. The Morgan fingerprint density at radius 1 is 0.857 bits per heavy atom. The number of nitrogens with one attached hydrogen (secondary N) is 1. The first-order valence-corrected chi connectivity index (χ1v) is 14.3. The number of aromatic nitrogens is 6. The first kappa shape index (κ1) is 26.5. The van der Waals surface area contributed by atoms with Crippen LogP contribution < -0.4 is 10.2 Å². The van der Waals surface area contributed by atoms with E-state index in [0.29, 0.717) is 30.8 Å². The van der Waals surface area contributed by atoms with Crippen molar-refractivity contribution in [3.8, 4) is 22.6 Å². The molecule has 12 heteroatoms. The summed E-state index contributed by atoms with van der Waals surface area (Å²) in [5.74, 6) is 1.94. The minimum absolute atomic E-state index is 0.551. The van der Waals surface area contributed by atoms with Crippen molar-refractivity contribution in [2.75, 3.05) is 69.4 Å². The van der Waals surface area contributed by atoms with E-state index in [9.17, 15) is 0 Å². The van der Waals surface area contributed by atoms with E-state index in [-0.39, 0.29) is 0 Å². The van der Waals surface area contributed by atoms with Gasteiger partial charge in [0.2, 0.25) is 18.2 Å². The molecule has 42 heavy (non-hydrogen) atoms. The van der Waals surface area contributed by atoms with Crippen LogP contribution in [0, 0.1) is 0 Å². The van der Waals surface area contributed by atoms with Gasteiger partial charge in [0.1, 0.15) is 5.82 Å². The maximum absolute atomic E-state index is 5.58. The number of rotatable bonds is 8. The molecule has 5 heterocycles. The van der Waals surface area contributed by atoms with Crippen molar-refractivity contribution in [3.63, 3.8) is 0 Å². The van der Waals surface area contributed by atoms with Gasteiger partial charge in [-0.25, -0.2) is 4.98 Å². The van der Waals surface area contributed by atoms with Gasteiger partial charge in [0.25, 0.3) is 0 Å². The summed E-state index contributed by atoms with van der Waals surface area (Å²) in [6.07, 6.45) is 2.23. The van der Waals surface area contributed by atoms with Crippen LogP contribution >= 0.6 is 0 Å². The summed E-state index contributed by atoms with van der Waals surface area (Å²) < 4.78 is 17.9. The molecule has 0 bridgehead atoms. The first-order valence-electron chi connectivity index (χ1n) is 14.3. The van der Waals surface area contributed by atoms with Gasteiger partial charge in [-0.15, -0.1) is 0 Å². The molecule has 0 atom stereocenters. The molecular formula is C30H33N9O3. The summed E-state index contributed by atoms with van der Waals surface area (Å²) in [6.45, 7) is 7.35. The van der Waals surface area contributed by atoms with Crippen molar-refractivity contribution in [2.45, 2.75) is 6.42 Å². The lowest BCUT2D eigenvalue weighted by Crippen LogP contribution is -2.37. The van der Waals surface area contributed by atoms with Gasteiger partial charge < -0.3 is 24.2 Å². The Labute approximate surface area is 243 Å². The average molecular weight is 568 g/mol. The average Bonchev–Trinajstić information content (AvgIpc) is 3.69. The van der Waals surface area contributed by atoms with Crippen molar-refractivity contribution in [3.05, 3.63) is 60.6 Å². The molecule has 12 nitrogen and oxygen atoms in total. The fourth-order valence-corrected chi connectivity index (χ4v) is 5.46. The number of nitrogens with zero attached hydrogens (tertiary/aromatic N) is 8. The molecule has 1 N–H and O–H groups in total. The minimum Gasteiger partial charge on any atom is -0.379 e. The smallest absolute Gasteiger partial charge is 0.228 e. The van der Waals surface area contributed by atoms with E-state index < -0.39 is 0 Å². The van der Waals surface area contributed by atoms with Crippen LogP contribution in [0.3, 0.4) is 0 Å². The Morgan fingerprint density at radius 3 is 2.38 bits per heavy atom. The second kappa shape index (κ2) is 11.8. The van der Waals surface area contributed by atoms with Crippen LogP contribution in [0.1, 0.15) is 5.69 Å². The number of aryl methyl sites for hydroxylation is 1. The van der Waals surface area contributed by atoms with Crippen molar-refractivity contribution in [2.24, 2.45) is 7.05 Å². The predicted molar refractivity (Wildman–Crippen MR) is 159 cm³/mol. The van der Waals surface area contributed by atoms with Gasteiger partial charge in [0.05, 0.1) is 43.3 Å². The summed E-state index contributed by atoms with van der Waals surface area (Å²) in [5, 5.41) is 13.4. The molecule has 7 rings (SSSR count). The van der Waals surface area contributed by atoms with Gasteiger partial charge in [-0.3, -0.25) is 9.58 Å². The molecule has 0 amide bonds. The maximum Gasteiger partial charge on any atom is 0.228 e. The van der Waals surface area contributed by atoms with Crippen LogP contribution in [-0.2, 0) is 22.9 Å². The van der Waals surface area contributed by atoms with E-state index in [1.54, 1.807) is 0 Å². The molecule has 2 aliphatic heterocycles. The van der Waals surface area contributed by atoms with Gasteiger partial charge in [0, 0.05) is 74.5 Å². The highest BCUT2D eigenvalue weighted by Crippen LogP contribution is 2.30. The highest BCUT2D eigenvalue weighted by molar-refractivity contribution is 5.87. The Bertz CT molecular complexity index is 1640. The Hall–Kier alpha value is -4.39. The van der Waals surface area contributed by atoms with Gasteiger partial charge >= 0.3 is 0 Å². The van der Waals surface area contributed by atoms with Crippen molar-refractivity contribution >= 4 is 28.4 Å². The molecule has 216 valence electrons. The molecule has 0 saturated carbocycles. The molecule has 2 aliphatic rings. The number of morpholine rings is 2. The number of ether oxygens (including phenoxy) is 2. The number of fused-ring (bicyclic) bond motifs is 1. The van der Waals surface area contributed by atoms with E-state index in [2.05, 4.69) is 43.5 Å². The SMILES string of the molecule is Cn1nc(CCN2CCOCC2)c2ccc(-c3cc(Nc4ccc(-c5ncon5)cc4)nc(N4CCOCC4)n3)cc21. The molecule has 0 aliphatic carbocycles. The first-order chi connectivity index (χ1) is 20.7. The van der Waals surface area contributed by atoms with Crippen LogP contribution in [0.5, 0.6) is 0 Å². The fourth-order valence-electron chi connectivity index (χ4n) is 5.46. The summed E-state index contributed by atoms with van der Waals surface area (Å²) in [6, 6.07) is 16.3. The lowest BCUT2D eigenvalue weighted by atomic mass is 10.1. The van der Waals surface area contributed by atoms with Crippen molar-refractivity contribution in [1.29, 1.82) is 0 Å². The molecule has 5 aromatic rings. The lowest BCUT2D eigenvalue weighted by molar-refractivity contribution is 0.0383. The maximum atomic E-state index is 5.58. The highest BCUT2D eigenvalue weighted by Gasteiger charge is 2.18. The summed E-state index contributed by atoms with van der Waals surface area (Å²) >= 11 is 0. The molecule has 2 saturated heterocycles. The summed E-state index contributed by atoms with van der Waals surface area (Å²) in [4.78, 5) is 18.6. The molecule has 0 spiro atoms. The number of benzene rings is 2. The normalized spacial score (nSPS) is 16.3. The predicted octanol–water partition coefficient (Wildman–Crippen LogP) is 3.54. The second-order valence-electron chi connectivity index (χ2n) is 10.5. The zero-order valence-electron chi connectivity index (χ0n) is 23.6. The fraction of sp³-hybridized carbons (Fsp3) is 0.367. The molecule has 0 unspecified atom stereocenters. The monoisotopic (exact) mass is 567 g/mol. The number of anilines is 3. The zero-order valence-corrected chi connectivity index (χ0v) is 23.6. The topological polar surface area (TPSA) is 119 Å². The highest BCUT2D eigenvalue weighted by atomic mass is 16.5. The number of hydrogen-bond donors (Lipinski definition) is 1. The van der Waals surface area contributed by atoms with Crippen LogP contribution in [0.4, 0.5) is 17.5 Å². The Kier molecular flexibility index (Phi) is 7.47. The molecular weight excluding hydrogens is 534 g/mol. The zero-order chi connectivity index (χ0) is 28.3. The van der Waals surface area contributed by atoms with E-state index >= 15 is 0 Å². The second-order valence-corrected chi connectivity index (χ2v) is 10.5. The van der Waals surface area contributed by atoms with E-state index in [0.717, 1.165) is 86.1 Å². The largest absolute Gasteiger partial charge is 0.379 e. The lowest BCUT2D eigenvalue weighted by Gasteiger charge is -2.27. The van der Waals surface area contributed by atoms with Gasteiger partial charge in [-0.2, -0.15) is 15.1 Å². The van der Waals surface area contributed by atoms with E-state index in [1.807, 2.05) is 42.1 Å². The summed E-state index contributed by atoms with van der Waals surface area (Å²) in [7, 11) is 2.01. The van der Waals surface area contributed by atoms with Crippen LogP contribution in [0.15, 0.2) is 59.4 Å². The Balaban J connectivity index is 1.18. The molecule has 3 aromatic heterocycles. The molecule has 0 radical (unpaired) electrons. The third-order valence-corrected chi connectivity index (χ3v) is 7.78. The molecule has 2 fully saturated rings. The quantitative estimate of drug-likeness (QED) is 0.297. The van der Waals surface area contributed by atoms with Crippen LogP contribution in [0.25, 0.3) is 33.5 Å². The number of hydrogen-bond acceptors (Lipinski definition) is 11. The molecule has 2 aromatic carbocycles. The van der Waals surface area contributed by atoms with Gasteiger partial charge in [-0.05, 0) is 30.3 Å². The van der Waals surface area contributed by atoms with Crippen molar-refractivity contribution in [1.82, 2.24) is 34.8 Å². The third-order valence-electron chi connectivity index (χ3n) is 7.78. The van der Waals surface area contributed by atoms with Crippen LogP contribution in [-0.4, -0.2) is 93.9 Å². The van der Waals surface area contributed by atoms with E-state index in [1.165, 1.54) is 11.8 Å². The van der Waals surface area contributed by atoms with Gasteiger partial charge in [-0.1, -0.05) is 17.3 Å². The van der Waals surface area contributed by atoms with Crippen LogP contribution in [0.2, 0.25) is 0 Å². The van der Waals surface area contributed by atoms with E-state index in [4.69, 9.17) is 29.1 Å². The standard InChI is InChI=1S/C30H33N9O3/c1-37-27-18-22(4-7-24(27)25(35-37)8-9-38-10-14-40-15-11-38)26-19-28(34-30(33-26)39-12-16-41-17-13-39)32-23-5-2-21(3-6-23)29-31-20-42-36-29/h2-7,18-20H,8-17H2,1H3,(H,32,33,34). The minimum atomic E-state index is 0.551.